The van der Waals surface area contributed by atoms with Gasteiger partial charge in [0.05, 0.1) is 6.54 Å². The summed E-state index contributed by atoms with van der Waals surface area (Å²) >= 11 is 0. The van der Waals surface area contributed by atoms with Gasteiger partial charge in [-0.25, -0.2) is 0 Å². The van der Waals surface area contributed by atoms with Gasteiger partial charge in [-0.15, -0.1) is 0 Å². The predicted molar refractivity (Wildman–Crippen MR) is 61.3 cm³/mol. The number of nitrogens with zero attached hydrogens (tertiary/aromatic N) is 1. The smallest absolute Gasteiger partial charge is 0.196 e. The van der Waals surface area contributed by atoms with E-state index in [2.05, 4.69) is 10.3 Å². The van der Waals surface area contributed by atoms with Crippen LogP contribution in [0.25, 0.3) is 0 Å². The molecular weight excluding hydrogens is 204 g/mol. The number of rotatable bonds is 1. The molecule has 0 aliphatic carbocycles. The number of benzene rings is 1. The fraction of sp³-hybridized carbons (Fsp3) is 0.417. The van der Waals surface area contributed by atoms with E-state index in [1.807, 2.05) is 31.2 Å². The number of aliphatic imine (C=N–C) groups is 1. The number of amidine groups is 1. The SMILES string of the molecule is CC1(C2=NCCN2)COc2ccccc2O1. The van der Waals surface area contributed by atoms with E-state index in [0.29, 0.717) is 6.61 Å². The number of fused-ring (bicyclic) bond motifs is 1. The van der Waals surface area contributed by atoms with Crippen LogP contribution in [0.15, 0.2) is 29.3 Å². The van der Waals surface area contributed by atoms with Crippen LogP contribution in [0.5, 0.6) is 11.5 Å². The molecule has 0 amide bonds. The number of ether oxygens (including phenoxy) is 2. The molecule has 1 N–H and O–H groups in total. The molecule has 4 heteroatoms. The van der Waals surface area contributed by atoms with Gasteiger partial charge in [-0.05, 0) is 19.1 Å². The van der Waals surface area contributed by atoms with Gasteiger partial charge < -0.3 is 14.8 Å². The van der Waals surface area contributed by atoms with Gasteiger partial charge in [-0.2, -0.15) is 0 Å². The van der Waals surface area contributed by atoms with Crippen molar-refractivity contribution < 1.29 is 9.47 Å². The molecule has 2 aliphatic heterocycles. The van der Waals surface area contributed by atoms with Crippen LogP contribution in [0.1, 0.15) is 6.92 Å². The second-order valence-electron chi connectivity index (χ2n) is 4.23. The first-order valence-corrected chi connectivity index (χ1v) is 5.48. The third kappa shape index (κ3) is 1.41. The Kier molecular flexibility index (Phi) is 2.02. The van der Waals surface area contributed by atoms with Gasteiger partial charge in [0.1, 0.15) is 12.4 Å². The Morgan fingerprint density at radius 1 is 1.31 bits per heavy atom. The van der Waals surface area contributed by atoms with Crippen LogP contribution >= 0.6 is 0 Å². The highest BCUT2D eigenvalue weighted by Gasteiger charge is 2.39. The lowest BCUT2D eigenvalue weighted by Gasteiger charge is -2.35. The minimum Gasteiger partial charge on any atom is -0.485 e. The first-order chi connectivity index (χ1) is 7.78. The zero-order valence-corrected chi connectivity index (χ0v) is 9.19. The summed E-state index contributed by atoms with van der Waals surface area (Å²) in [4.78, 5) is 4.40. The summed E-state index contributed by atoms with van der Waals surface area (Å²) in [5.41, 5.74) is -0.481. The molecule has 16 heavy (non-hydrogen) atoms. The highest BCUT2D eigenvalue weighted by atomic mass is 16.6. The fourth-order valence-electron chi connectivity index (χ4n) is 2.01. The molecule has 0 aromatic heterocycles. The number of para-hydroxylation sites is 2. The summed E-state index contributed by atoms with van der Waals surface area (Å²) in [5, 5.41) is 3.24. The number of hydrogen-bond donors (Lipinski definition) is 1. The van der Waals surface area contributed by atoms with Crippen molar-refractivity contribution >= 4 is 5.84 Å². The van der Waals surface area contributed by atoms with Crippen LogP contribution < -0.4 is 14.8 Å². The molecule has 2 heterocycles. The quantitative estimate of drug-likeness (QED) is 0.770. The summed E-state index contributed by atoms with van der Waals surface area (Å²) in [5.74, 6) is 2.48. The molecule has 4 nitrogen and oxygen atoms in total. The Morgan fingerprint density at radius 3 is 2.88 bits per heavy atom. The maximum atomic E-state index is 5.99. The van der Waals surface area contributed by atoms with Crippen molar-refractivity contribution in [1.82, 2.24) is 5.32 Å². The second-order valence-corrected chi connectivity index (χ2v) is 4.23. The van der Waals surface area contributed by atoms with E-state index in [1.165, 1.54) is 0 Å². The minimum atomic E-state index is -0.481. The molecule has 0 saturated heterocycles. The summed E-state index contributed by atoms with van der Waals surface area (Å²) in [6.07, 6.45) is 0. The van der Waals surface area contributed by atoms with Crippen LogP contribution in [0.2, 0.25) is 0 Å². The molecular formula is C12H14N2O2. The van der Waals surface area contributed by atoms with Crippen LogP contribution in [-0.2, 0) is 0 Å². The lowest BCUT2D eigenvalue weighted by atomic mass is 10.1. The van der Waals surface area contributed by atoms with Gasteiger partial charge in [-0.1, -0.05) is 12.1 Å². The Morgan fingerprint density at radius 2 is 2.12 bits per heavy atom. The molecule has 0 spiro atoms. The molecule has 0 fully saturated rings. The lowest BCUT2D eigenvalue weighted by molar-refractivity contribution is 0.0577. The van der Waals surface area contributed by atoms with Gasteiger partial charge in [0, 0.05) is 6.54 Å². The van der Waals surface area contributed by atoms with Crippen molar-refractivity contribution in [3.63, 3.8) is 0 Å². The zero-order chi connectivity index (χ0) is 11.0. The Bertz CT molecular complexity index is 444. The molecule has 0 radical (unpaired) electrons. The molecule has 0 saturated carbocycles. The highest BCUT2D eigenvalue weighted by molar-refractivity contribution is 5.92. The van der Waals surface area contributed by atoms with Crippen molar-refractivity contribution in [2.45, 2.75) is 12.5 Å². The average molecular weight is 218 g/mol. The van der Waals surface area contributed by atoms with Gasteiger partial charge in [0.2, 0.25) is 0 Å². The van der Waals surface area contributed by atoms with Gasteiger partial charge in [0.15, 0.2) is 17.1 Å². The van der Waals surface area contributed by atoms with Crippen LogP contribution in [0.3, 0.4) is 0 Å². The fourth-order valence-corrected chi connectivity index (χ4v) is 2.01. The Balaban J connectivity index is 1.91. The molecule has 1 atom stereocenters. The molecule has 1 aromatic carbocycles. The maximum absolute atomic E-state index is 5.99. The molecule has 84 valence electrons. The first-order valence-electron chi connectivity index (χ1n) is 5.48. The highest BCUT2D eigenvalue weighted by Crippen LogP contribution is 2.35. The standard InChI is InChI=1S/C12H14N2O2/c1-12(11-13-6-7-14-11)8-15-9-4-2-3-5-10(9)16-12/h2-5H,6-8H2,1H3,(H,13,14). The van der Waals surface area contributed by atoms with Crippen LogP contribution in [0, 0.1) is 0 Å². The lowest BCUT2D eigenvalue weighted by Crippen LogP contribution is -2.53. The van der Waals surface area contributed by atoms with E-state index in [1.54, 1.807) is 0 Å². The van der Waals surface area contributed by atoms with Gasteiger partial charge >= 0.3 is 0 Å². The topological polar surface area (TPSA) is 42.9 Å². The largest absolute Gasteiger partial charge is 0.485 e. The monoisotopic (exact) mass is 218 g/mol. The number of hydrogen-bond acceptors (Lipinski definition) is 4. The third-order valence-corrected chi connectivity index (χ3v) is 2.86. The van der Waals surface area contributed by atoms with E-state index in [9.17, 15) is 0 Å². The van der Waals surface area contributed by atoms with E-state index in [0.717, 1.165) is 30.4 Å². The Hall–Kier alpha value is -1.71. The first kappa shape index (κ1) is 9.51. The predicted octanol–water partition coefficient (Wildman–Crippen LogP) is 1.22. The normalized spacial score (nSPS) is 27.2. The molecule has 1 unspecified atom stereocenters. The summed E-state index contributed by atoms with van der Waals surface area (Å²) < 4.78 is 11.7. The summed E-state index contributed by atoms with van der Waals surface area (Å²) in [6, 6.07) is 7.72. The summed E-state index contributed by atoms with van der Waals surface area (Å²) in [7, 11) is 0. The van der Waals surface area contributed by atoms with Crippen molar-refractivity contribution in [3.05, 3.63) is 24.3 Å². The number of nitrogens with one attached hydrogen (secondary N) is 1. The Labute approximate surface area is 94.3 Å². The van der Waals surface area contributed by atoms with E-state index in [4.69, 9.17) is 9.47 Å². The van der Waals surface area contributed by atoms with E-state index < -0.39 is 5.60 Å². The summed E-state index contributed by atoms with van der Waals surface area (Å²) in [6.45, 7) is 4.20. The van der Waals surface area contributed by atoms with Crippen LogP contribution in [0.4, 0.5) is 0 Å². The van der Waals surface area contributed by atoms with E-state index >= 15 is 0 Å². The van der Waals surface area contributed by atoms with Crippen molar-refractivity contribution in [2.75, 3.05) is 19.7 Å². The molecule has 0 bridgehead atoms. The zero-order valence-electron chi connectivity index (χ0n) is 9.19. The van der Waals surface area contributed by atoms with Crippen molar-refractivity contribution in [1.29, 1.82) is 0 Å². The molecule has 2 aliphatic rings. The van der Waals surface area contributed by atoms with Gasteiger partial charge in [-0.3, -0.25) is 4.99 Å². The minimum absolute atomic E-state index is 0.481. The third-order valence-electron chi connectivity index (χ3n) is 2.86. The molecule has 1 aromatic rings. The second kappa shape index (κ2) is 3.40. The van der Waals surface area contributed by atoms with Gasteiger partial charge in [0.25, 0.3) is 0 Å². The molecule has 3 rings (SSSR count). The van der Waals surface area contributed by atoms with Crippen molar-refractivity contribution in [3.8, 4) is 11.5 Å². The van der Waals surface area contributed by atoms with Crippen molar-refractivity contribution in [2.24, 2.45) is 4.99 Å². The van der Waals surface area contributed by atoms with Crippen LogP contribution in [-0.4, -0.2) is 31.1 Å². The van der Waals surface area contributed by atoms with E-state index in [-0.39, 0.29) is 0 Å². The maximum Gasteiger partial charge on any atom is 0.196 e. The average Bonchev–Trinajstić information content (AvgIpc) is 2.83.